The van der Waals surface area contributed by atoms with E-state index in [0.29, 0.717) is 0 Å². The minimum absolute atomic E-state index is 0.765. The quantitative estimate of drug-likeness (QED) is 0.166. The first-order valence-electron chi connectivity index (χ1n) is 18.4. The van der Waals surface area contributed by atoms with Crippen LogP contribution in [0.1, 0.15) is 18.2 Å². The van der Waals surface area contributed by atoms with Crippen LogP contribution in [-0.4, -0.2) is 4.57 Å². The minimum atomic E-state index is 0.765. The Balaban J connectivity index is 1.10. The van der Waals surface area contributed by atoms with E-state index in [1.807, 2.05) is 13.0 Å². The van der Waals surface area contributed by atoms with Gasteiger partial charge in [-0.3, -0.25) is 0 Å². The number of benzene rings is 8. The van der Waals surface area contributed by atoms with Crippen molar-refractivity contribution >= 4 is 83.5 Å². The molecule has 2 aromatic heterocycles. The molecule has 0 saturated heterocycles. The zero-order valence-electron chi connectivity index (χ0n) is 29.9. The molecule has 0 bridgehead atoms. The van der Waals surface area contributed by atoms with Gasteiger partial charge in [0.1, 0.15) is 5.76 Å². The Hall–Kier alpha value is -7.10. The Kier molecular flexibility index (Phi) is 7.52. The molecule has 0 atom stereocenters. The van der Waals surface area contributed by atoms with E-state index in [2.05, 4.69) is 192 Å². The summed E-state index contributed by atoms with van der Waals surface area (Å²) in [6.45, 7) is 6.08. The molecule has 0 spiro atoms. The normalized spacial score (nSPS) is 11.8. The van der Waals surface area contributed by atoms with Crippen LogP contribution in [0.15, 0.2) is 187 Å². The van der Waals surface area contributed by atoms with Gasteiger partial charge in [0.05, 0.1) is 16.7 Å². The molecule has 3 heteroatoms. The molecule has 54 heavy (non-hydrogen) atoms. The number of furan rings is 1. The first kappa shape index (κ1) is 31.6. The summed E-state index contributed by atoms with van der Waals surface area (Å²) >= 11 is 0. The number of aromatic nitrogens is 1. The summed E-state index contributed by atoms with van der Waals surface area (Å²) in [5, 5.41) is 8.39. The lowest BCUT2D eigenvalue weighted by Crippen LogP contribution is -2.10. The predicted molar refractivity (Wildman–Crippen MR) is 230 cm³/mol. The third-order valence-electron chi connectivity index (χ3n) is 10.6. The summed E-state index contributed by atoms with van der Waals surface area (Å²) in [6.07, 6.45) is 5.93. The van der Waals surface area contributed by atoms with Gasteiger partial charge in [-0.1, -0.05) is 128 Å². The summed E-state index contributed by atoms with van der Waals surface area (Å²) in [4.78, 5) is 2.30. The van der Waals surface area contributed by atoms with Crippen LogP contribution in [-0.2, 0) is 0 Å². The van der Waals surface area contributed by atoms with Crippen LogP contribution in [0.4, 0.5) is 17.1 Å². The zero-order valence-corrected chi connectivity index (χ0v) is 29.9. The van der Waals surface area contributed by atoms with Crippen LogP contribution >= 0.6 is 0 Å². The van der Waals surface area contributed by atoms with Crippen molar-refractivity contribution in [2.24, 2.45) is 0 Å². The number of fused-ring (bicyclic) bond motifs is 6. The summed E-state index contributed by atoms with van der Waals surface area (Å²) in [5.74, 6) is 0.765. The molecule has 0 N–H and O–H groups in total. The lowest BCUT2D eigenvalue weighted by atomic mass is 10.0. The fourth-order valence-corrected chi connectivity index (χ4v) is 8.10. The summed E-state index contributed by atoms with van der Waals surface area (Å²) < 4.78 is 8.94. The van der Waals surface area contributed by atoms with E-state index in [0.717, 1.165) is 50.6 Å². The molecule has 2 heterocycles. The van der Waals surface area contributed by atoms with E-state index in [-0.39, 0.29) is 0 Å². The Labute approximate surface area is 313 Å². The first-order chi connectivity index (χ1) is 26.7. The Morgan fingerprint density at radius 2 is 1.19 bits per heavy atom. The molecule has 0 saturated carbocycles. The van der Waals surface area contributed by atoms with E-state index in [1.54, 1.807) is 6.08 Å². The van der Waals surface area contributed by atoms with Crippen LogP contribution in [0.5, 0.6) is 0 Å². The average molecular weight is 693 g/mol. The lowest BCUT2D eigenvalue weighted by Gasteiger charge is -2.26. The maximum atomic E-state index is 6.55. The maximum absolute atomic E-state index is 6.55. The molecule has 3 nitrogen and oxygen atoms in total. The maximum Gasteiger partial charge on any atom is 0.159 e. The van der Waals surface area contributed by atoms with Crippen LogP contribution in [0.3, 0.4) is 0 Å². The first-order valence-corrected chi connectivity index (χ1v) is 18.4. The minimum Gasteiger partial charge on any atom is -0.454 e. The highest BCUT2D eigenvalue weighted by Gasteiger charge is 2.21. The topological polar surface area (TPSA) is 21.3 Å². The van der Waals surface area contributed by atoms with E-state index >= 15 is 0 Å². The third-order valence-corrected chi connectivity index (χ3v) is 10.6. The Bertz CT molecular complexity index is 3090. The number of para-hydroxylation sites is 2. The van der Waals surface area contributed by atoms with Crippen molar-refractivity contribution in [2.75, 3.05) is 4.90 Å². The van der Waals surface area contributed by atoms with Crippen molar-refractivity contribution in [2.45, 2.75) is 6.92 Å². The molecule has 0 aliphatic heterocycles. The van der Waals surface area contributed by atoms with Gasteiger partial charge < -0.3 is 13.9 Å². The Morgan fingerprint density at radius 1 is 0.537 bits per heavy atom. The average Bonchev–Trinajstić information content (AvgIpc) is 3.76. The van der Waals surface area contributed by atoms with E-state index in [4.69, 9.17) is 4.42 Å². The molecule has 0 amide bonds. The summed E-state index contributed by atoms with van der Waals surface area (Å²) in [6, 6.07) is 61.3. The van der Waals surface area contributed by atoms with Crippen molar-refractivity contribution in [3.05, 3.63) is 194 Å². The second-order valence-corrected chi connectivity index (χ2v) is 13.8. The van der Waals surface area contributed by atoms with E-state index in [1.165, 1.54) is 48.9 Å². The molecular weight excluding hydrogens is 657 g/mol. The molecule has 0 unspecified atom stereocenters. The highest BCUT2D eigenvalue weighted by Crippen LogP contribution is 2.43. The molecule has 0 radical (unpaired) electrons. The van der Waals surface area contributed by atoms with Crippen LogP contribution in [0, 0.1) is 0 Å². The van der Waals surface area contributed by atoms with Crippen molar-refractivity contribution in [1.29, 1.82) is 0 Å². The highest BCUT2D eigenvalue weighted by molar-refractivity contribution is 6.11. The van der Waals surface area contributed by atoms with Gasteiger partial charge in [0.25, 0.3) is 0 Å². The number of allylic oxidation sites excluding steroid dienone is 1. The van der Waals surface area contributed by atoms with Crippen LogP contribution in [0.25, 0.3) is 83.3 Å². The molecule has 8 aromatic carbocycles. The third kappa shape index (κ3) is 5.13. The fourth-order valence-electron chi connectivity index (χ4n) is 8.10. The van der Waals surface area contributed by atoms with Crippen molar-refractivity contribution in [1.82, 2.24) is 4.57 Å². The predicted octanol–water partition coefficient (Wildman–Crippen LogP) is 14.6. The highest BCUT2D eigenvalue weighted by atomic mass is 16.3. The molecule has 10 rings (SSSR count). The molecule has 0 fully saturated rings. The fraction of sp³-hybridized carbons (Fsp3) is 0.0196. The molecule has 10 aromatic rings. The summed E-state index contributed by atoms with van der Waals surface area (Å²) in [7, 11) is 0. The molecule has 0 aliphatic carbocycles. The lowest BCUT2D eigenvalue weighted by molar-refractivity contribution is 0.604. The van der Waals surface area contributed by atoms with Gasteiger partial charge in [-0.25, -0.2) is 0 Å². The van der Waals surface area contributed by atoms with Gasteiger partial charge in [-0.05, 0) is 106 Å². The van der Waals surface area contributed by atoms with E-state index in [9.17, 15) is 0 Å². The van der Waals surface area contributed by atoms with Gasteiger partial charge in [0.2, 0.25) is 0 Å². The van der Waals surface area contributed by atoms with Crippen molar-refractivity contribution in [3.8, 4) is 16.8 Å². The second kappa shape index (κ2) is 12.8. The van der Waals surface area contributed by atoms with Crippen LogP contribution in [0.2, 0.25) is 0 Å². The van der Waals surface area contributed by atoms with Gasteiger partial charge in [-0.2, -0.15) is 0 Å². The number of nitrogens with zero attached hydrogens (tertiary/aromatic N) is 2. The SMILES string of the molecule is C=Cc1oc2c(N(c3ccc(-c4ccc5c(c4)c4ccccc4n5-c4ccc5ccccc5c4)cc3)c3ccc4ccccc4c3)cccc2c1/C=C\C. The van der Waals surface area contributed by atoms with E-state index < -0.39 is 0 Å². The Morgan fingerprint density at radius 3 is 1.96 bits per heavy atom. The molecule has 256 valence electrons. The van der Waals surface area contributed by atoms with Crippen molar-refractivity contribution in [3.63, 3.8) is 0 Å². The number of hydrogen-bond acceptors (Lipinski definition) is 2. The number of anilines is 3. The van der Waals surface area contributed by atoms with Gasteiger partial charge in [0.15, 0.2) is 5.58 Å². The zero-order chi connectivity index (χ0) is 36.2. The van der Waals surface area contributed by atoms with Crippen LogP contribution < -0.4 is 4.90 Å². The summed E-state index contributed by atoms with van der Waals surface area (Å²) in [5.41, 5.74) is 10.8. The monoisotopic (exact) mass is 692 g/mol. The second-order valence-electron chi connectivity index (χ2n) is 13.8. The molecular formula is C51H36N2O. The van der Waals surface area contributed by atoms with Gasteiger partial charge in [-0.15, -0.1) is 0 Å². The smallest absolute Gasteiger partial charge is 0.159 e. The van der Waals surface area contributed by atoms with Gasteiger partial charge >= 0.3 is 0 Å². The number of rotatable bonds is 7. The van der Waals surface area contributed by atoms with Crippen molar-refractivity contribution < 1.29 is 4.42 Å². The molecule has 0 aliphatic rings. The largest absolute Gasteiger partial charge is 0.454 e. The standard InChI is InChI=1S/C51H36N2O/c1-3-12-44-45-18-11-20-49(51(45)54-50(44)4-2)52(41-28-23-34-13-5-7-15-37(34)31-41)40-26-21-36(22-27-40)39-25-30-48-46(33-39)43-17-9-10-19-47(43)53(48)42-29-24-35-14-6-8-16-38(35)32-42/h3-33H,2H2,1H3/b12-3-. The number of hydrogen-bond donors (Lipinski definition) is 0. The van der Waals surface area contributed by atoms with Gasteiger partial charge in [0, 0.05) is 38.8 Å².